The van der Waals surface area contributed by atoms with Crippen LogP contribution in [0.4, 0.5) is 4.79 Å². The molecule has 1 fully saturated rings. The van der Waals surface area contributed by atoms with Gasteiger partial charge in [-0.25, -0.2) is 9.78 Å². The van der Waals surface area contributed by atoms with Gasteiger partial charge in [-0.2, -0.15) is 0 Å². The number of amides is 2. The van der Waals surface area contributed by atoms with Gasteiger partial charge in [0, 0.05) is 24.9 Å². The molecule has 6 nitrogen and oxygen atoms in total. The zero-order valence-corrected chi connectivity index (χ0v) is 13.5. The second kappa shape index (κ2) is 7.98. The number of hydrogen-bond donors (Lipinski definition) is 2. The minimum Gasteiger partial charge on any atom is -0.475 e. The lowest BCUT2D eigenvalue weighted by Crippen LogP contribution is -2.45. The van der Waals surface area contributed by atoms with Crippen LogP contribution in [-0.4, -0.2) is 35.9 Å². The van der Waals surface area contributed by atoms with E-state index < -0.39 is 0 Å². The number of nitrogens with zero attached hydrogens (tertiary/aromatic N) is 1. The van der Waals surface area contributed by atoms with Crippen molar-refractivity contribution in [2.24, 2.45) is 0 Å². The largest absolute Gasteiger partial charge is 0.475 e. The minimum absolute atomic E-state index is 0.00258. The molecular formula is C16H25N3O3. The number of urea groups is 1. The number of carbonyl (C=O) groups is 1. The quantitative estimate of drug-likeness (QED) is 0.845. The van der Waals surface area contributed by atoms with Gasteiger partial charge in [0.05, 0.1) is 18.2 Å². The minimum atomic E-state index is -0.206. The van der Waals surface area contributed by atoms with Crippen LogP contribution in [0.3, 0.4) is 0 Å². The van der Waals surface area contributed by atoms with Crippen LogP contribution in [0.15, 0.2) is 18.3 Å². The highest BCUT2D eigenvalue weighted by molar-refractivity contribution is 5.74. The van der Waals surface area contributed by atoms with Crippen molar-refractivity contribution >= 4 is 6.03 Å². The average molecular weight is 307 g/mol. The Morgan fingerprint density at radius 1 is 1.50 bits per heavy atom. The van der Waals surface area contributed by atoms with Gasteiger partial charge < -0.3 is 20.1 Å². The lowest BCUT2D eigenvalue weighted by atomic mass is 10.1. The van der Waals surface area contributed by atoms with E-state index in [0.29, 0.717) is 12.4 Å². The number of carbonyl (C=O) groups excluding carboxylic acids is 1. The molecule has 2 amide bonds. The lowest BCUT2D eigenvalue weighted by molar-refractivity contribution is 0.0860. The van der Waals surface area contributed by atoms with Crippen LogP contribution >= 0.6 is 0 Å². The van der Waals surface area contributed by atoms with E-state index in [1.54, 1.807) is 6.20 Å². The van der Waals surface area contributed by atoms with Gasteiger partial charge in [0.2, 0.25) is 5.88 Å². The summed E-state index contributed by atoms with van der Waals surface area (Å²) in [5.41, 5.74) is 0.858. The van der Waals surface area contributed by atoms with E-state index in [4.69, 9.17) is 9.47 Å². The molecule has 22 heavy (non-hydrogen) atoms. The predicted octanol–water partition coefficient (Wildman–Crippen LogP) is 2.24. The number of rotatable bonds is 6. The normalized spacial score (nSPS) is 19.0. The second-order valence-corrected chi connectivity index (χ2v) is 5.80. The standard InChI is InChI=1S/C16H25N3O3/c1-11(2)22-15-13(6-4-8-17-15)10-18-16(20)19-12(3)14-7-5-9-21-14/h4,6,8,11-12,14H,5,7,9-10H2,1-3H3,(H2,18,19,20)/t12-,14-/m1/s1. The van der Waals surface area contributed by atoms with Gasteiger partial charge in [0.1, 0.15) is 0 Å². The van der Waals surface area contributed by atoms with E-state index in [9.17, 15) is 4.79 Å². The average Bonchev–Trinajstić information content (AvgIpc) is 3.00. The van der Waals surface area contributed by atoms with Gasteiger partial charge in [-0.05, 0) is 39.7 Å². The molecule has 0 aliphatic carbocycles. The third-order valence-electron chi connectivity index (χ3n) is 3.52. The number of aromatic nitrogens is 1. The van der Waals surface area contributed by atoms with E-state index >= 15 is 0 Å². The number of hydrogen-bond acceptors (Lipinski definition) is 4. The maximum atomic E-state index is 12.0. The molecule has 1 aromatic rings. The molecule has 122 valence electrons. The molecule has 0 bridgehead atoms. The summed E-state index contributed by atoms with van der Waals surface area (Å²) in [7, 11) is 0. The van der Waals surface area contributed by atoms with E-state index in [1.165, 1.54) is 0 Å². The number of ether oxygens (including phenoxy) is 2. The highest BCUT2D eigenvalue weighted by atomic mass is 16.5. The third-order valence-corrected chi connectivity index (χ3v) is 3.52. The van der Waals surface area contributed by atoms with Crippen LogP contribution in [0.5, 0.6) is 5.88 Å². The smallest absolute Gasteiger partial charge is 0.315 e. The molecule has 2 rings (SSSR count). The number of nitrogens with one attached hydrogen (secondary N) is 2. The summed E-state index contributed by atoms with van der Waals surface area (Å²) < 4.78 is 11.2. The zero-order chi connectivity index (χ0) is 15.9. The van der Waals surface area contributed by atoms with E-state index in [2.05, 4.69) is 15.6 Å². The monoisotopic (exact) mass is 307 g/mol. The molecule has 0 saturated carbocycles. The van der Waals surface area contributed by atoms with Crippen LogP contribution in [0.25, 0.3) is 0 Å². The molecule has 0 spiro atoms. The van der Waals surface area contributed by atoms with Crippen LogP contribution in [0, 0.1) is 0 Å². The maximum absolute atomic E-state index is 12.0. The van der Waals surface area contributed by atoms with Crippen LogP contribution in [0.2, 0.25) is 0 Å². The van der Waals surface area contributed by atoms with Crippen molar-refractivity contribution in [1.82, 2.24) is 15.6 Å². The van der Waals surface area contributed by atoms with E-state index in [1.807, 2.05) is 32.9 Å². The first-order valence-corrected chi connectivity index (χ1v) is 7.82. The van der Waals surface area contributed by atoms with Crippen LogP contribution in [0.1, 0.15) is 39.2 Å². The van der Waals surface area contributed by atoms with Gasteiger partial charge >= 0.3 is 6.03 Å². The Kier molecular flexibility index (Phi) is 6.00. The highest BCUT2D eigenvalue weighted by Crippen LogP contribution is 2.16. The summed E-state index contributed by atoms with van der Waals surface area (Å²) in [5.74, 6) is 0.560. The summed E-state index contributed by atoms with van der Waals surface area (Å²) in [4.78, 5) is 16.2. The van der Waals surface area contributed by atoms with Gasteiger partial charge in [0.25, 0.3) is 0 Å². The zero-order valence-electron chi connectivity index (χ0n) is 13.5. The SMILES string of the molecule is CC(C)Oc1ncccc1CNC(=O)N[C@H](C)[C@H]1CCCO1. The number of pyridine rings is 1. The molecule has 1 aliphatic heterocycles. The first kappa shape index (κ1) is 16.5. The summed E-state index contributed by atoms with van der Waals surface area (Å²) in [5, 5.41) is 5.76. The molecule has 0 aromatic carbocycles. The fraction of sp³-hybridized carbons (Fsp3) is 0.625. The Labute approximate surface area is 131 Å². The molecule has 2 heterocycles. The maximum Gasteiger partial charge on any atom is 0.315 e. The lowest BCUT2D eigenvalue weighted by Gasteiger charge is -2.20. The van der Waals surface area contributed by atoms with Crippen LogP contribution in [-0.2, 0) is 11.3 Å². The predicted molar refractivity (Wildman–Crippen MR) is 83.8 cm³/mol. The fourth-order valence-electron chi connectivity index (χ4n) is 2.41. The van der Waals surface area contributed by atoms with E-state index in [-0.39, 0.29) is 24.3 Å². The summed E-state index contributed by atoms with van der Waals surface area (Å²) in [6.45, 7) is 7.01. The Balaban J connectivity index is 1.83. The third kappa shape index (κ3) is 4.87. The van der Waals surface area contributed by atoms with Gasteiger partial charge in [-0.15, -0.1) is 0 Å². The summed E-state index contributed by atoms with van der Waals surface area (Å²) in [6, 6.07) is 3.52. The van der Waals surface area contributed by atoms with Gasteiger partial charge in [0.15, 0.2) is 0 Å². The highest BCUT2D eigenvalue weighted by Gasteiger charge is 2.23. The molecule has 1 aromatic heterocycles. The van der Waals surface area contributed by atoms with E-state index in [0.717, 1.165) is 25.0 Å². The second-order valence-electron chi connectivity index (χ2n) is 5.80. The van der Waals surface area contributed by atoms with Crippen molar-refractivity contribution in [2.75, 3.05) is 6.61 Å². The van der Waals surface area contributed by atoms with Crippen molar-refractivity contribution < 1.29 is 14.3 Å². The van der Waals surface area contributed by atoms with Gasteiger partial charge in [-0.3, -0.25) is 0 Å². The molecule has 2 atom stereocenters. The molecule has 1 saturated heterocycles. The van der Waals surface area contributed by atoms with Crippen molar-refractivity contribution in [1.29, 1.82) is 0 Å². The molecule has 1 aliphatic rings. The Bertz CT molecular complexity index is 487. The molecule has 0 radical (unpaired) electrons. The first-order valence-electron chi connectivity index (χ1n) is 7.82. The van der Waals surface area contributed by atoms with Crippen molar-refractivity contribution in [3.63, 3.8) is 0 Å². The molecule has 6 heteroatoms. The van der Waals surface area contributed by atoms with Crippen LogP contribution < -0.4 is 15.4 Å². The Hall–Kier alpha value is -1.82. The van der Waals surface area contributed by atoms with Gasteiger partial charge in [-0.1, -0.05) is 6.07 Å². The van der Waals surface area contributed by atoms with Crippen molar-refractivity contribution in [2.45, 2.75) is 58.4 Å². The molecule has 0 unspecified atom stereocenters. The topological polar surface area (TPSA) is 72.5 Å². The Morgan fingerprint density at radius 3 is 3.00 bits per heavy atom. The van der Waals surface area contributed by atoms with Crippen molar-refractivity contribution in [3.05, 3.63) is 23.9 Å². The van der Waals surface area contributed by atoms with Crippen molar-refractivity contribution in [3.8, 4) is 5.88 Å². The Morgan fingerprint density at radius 2 is 2.32 bits per heavy atom. The molecule has 2 N–H and O–H groups in total. The summed E-state index contributed by atoms with van der Waals surface area (Å²) in [6.07, 6.45) is 3.90. The first-order chi connectivity index (χ1) is 10.6. The fourth-order valence-corrected chi connectivity index (χ4v) is 2.41. The molecular weight excluding hydrogens is 282 g/mol. The summed E-state index contributed by atoms with van der Waals surface area (Å²) >= 11 is 0.